The topological polar surface area (TPSA) is 68.9 Å². The first kappa shape index (κ1) is 12.8. The lowest BCUT2D eigenvalue weighted by Crippen LogP contribution is -2.16. The Morgan fingerprint density at radius 1 is 1.10 bits per heavy atom. The molecule has 20 heavy (non-hydrogen) atoms. The molecule has 4 nitrogen and oxygen atoms in total. The van der Waals surface area contributed by atoms with Crippen LogP contribution in [0.5, 0.6) is 0 Å². The van der Waals surface area contributed by atoms with Crippen LogP contribution < -0.4 is 5.73 Å². The number of benzene rings is 1. The van der Waals surface area contributed by atoms with E-state index in [2.05, 4.69) is 28.2 Å². The number of carbonyl (C=O) groups excluding carboxylic acids is 1. The zero-order valence-corrected chi connectivity index (χ0v) is 11.5. The van der Waals surface area contributed by atoms with Crippen molar-refractivity contribution in [2.24, 2.45) is 5.73 Å². The Morgan fingerprint density at radius 2 is 1.85 bits per heavy atom. The van der Waals surface area contributed by atoms with E-state index >= 15 is 0 Å². The summed E-state index contributed by atoms with van der Waals surface area (Å²) in [5.41, 5.74) is 10.6. The predicted octanol–water partition coefficient (Wildman–Crippen LogP) is 2.43. The van der Waals surface area contributed by atoms with E-state index in [0.29, 0.717) is 0 Å². The molecule has 1 aliphatic rings. The molecule has 2 N–H and O–H groups in total. The van der Waals surface area contributed by atoms with E-state index in [1.165, 1.54) is 24.0 Å². The molecule has 0 radical (unpaired) electrons. The van der Waals surface area contributed by atoms with E-state index in [4.69, 9.17) is 5.73 Å². The maximum absolute atomic E-state index is 11.3. The summed E-state index contributed by atoms with van der Waals surface area (Å²) in [5.74, 6) is -0.509. The first-order chi connectivity index (χ1) is 9.63. The van der Waals surface area contributed by atoms with E-state index < -0.39 is 5.91 Å². The zero-order valence-electron chi connectivity index (χ0n) is 11.5. The second kappa shape index (κ2) is 5.04. The summed E-state index contributed by atoms with van der Waals surface area (Å²) in [4.78, 5) is 19.6. The first-order valence-electron chi connectivity index (χ1n) is 6.91. The molecule has 0 spiro atoms. The highest BCUT2D eigenvalue weighted by molar-refractivity contribution is 5.89. The molecule has 0 atom stereocenters. The van der Waals surface area contributed by atoms with Gasteiger partial charge in [-0.1, -0.05) is 12.1 Å². The fourth-order valence-corrected chi connectivity index (χ4v) is 2.72. The van der Waals surface area contributed by atoms with Gasteiger partial charge in [-0.2, -0.15) is 0 Å². The summed E-state index contributed by atoms with van der Waals surface area (Å²) >= 11 is 0. The Morgan fingerprint density at radius 3 is 2.60 bits per heavy atom. The van der Waals surface area contributed by atoms with Crippen molar-refractivity contribution in [1.29, 1.82) is 0 Å². The van der Waals surface area contributed by atoms with Gasteiger partial charge in [-0.15, -0.1) is 0 Å². The van der Waals surface area contributed by atoms with Crippen molar-refractivity contribution in [2.75, 3.05) is 0 Å². The molecular formula is C16H17N3O. The van der Waals surface area contributed by atoms with Gasteiger partial charge >= 0.3 is 0 Å². The number of rotatable bonds is 2. The van der Waals surface area contributed by atoms with Crippen molar-refractivity contribution in [1.82, 2.24) is 9.97 Å². The van der Waals surface area contributed by atoms with Crippen LogP contribution in [0.3, 0.4) is 0 Å². The number of hydrogen-bond donors (Lipinski definition) is 1. The number of nitrogens with zero attached hydrogens (tertiary/aromatic N) is 2. The molecule has 0 bridgehead atoms. The van der Waals surface area contributed by atoms with E-state index in [1.807, 2.05) is 13.0 Å². The number of fused-ring (bicyclic) bond motifs is 1. The Bertz CT molecular complexity index is 679. The predicted molar refractivity (Wildman–Crippen MR) is 77.4 cm³/mol. The summed E-state index contributed by atoms with van der Waals surface area (Å²) in [7, 11) is 0. The van der Waals surface area contributed by atoms with Crippen LogP contribution in [-0.2, 0) is 12.8 Å². The van der Waals surface area contributed by atoms with Gasteiger partial charge in [0.2, 0.25) is 5.82 Å². The lowest BCUT2D eigenvalue weighted by molar-refractivity contribution is 0.0990. The lowest BCUT2D eigenvalue weighted by Gasteiger charge is -2.16. The number of primary amides is 1. The summed E-state index contributed by atoms with van der Waals surface area (Å²) < 4.78 is 0. The zero-order chi connectivity index (χ0) is 14.1. The minimum absolute atomic E-state index is 0.0812. The van der Waals surface area contributed by atoms with Gasteiger partial charge in [0.25, 0.3) is 5.91 Å². The van der Waals surface area contributed by atoms with Gasteiger partial charge in [0, 0.05) is 11.3 Å². The first-order valence-corrected chi connectivity index (χ1v) is 6.91. The van der Waals surface area contributed by atoms with Gasteiger partial charge < -0.3 is 5.73 Å². The Labute approximate surface area is 118 Å². The third-order valence-corrected chi connectivity index (χ3v) is 3.72. The SMILES string of the molecule is Cc1cc(-c2ccc3c(c2)CCCC3)nc(C(N)=O)n1. The van der Waals surface area contributed by atoms with Crippen molar-refractivity contribution in [3.63, 3.8) is 0 Å². The second-order valence-corrected chi connectivity index (χ2v) is 5.27. The molecule has 1 amide bonds. The van der Waals surface area contributed by atoms with Crippen LogP contribution in [0, 0.1) is 6.92 Å². The van der Waals surface area contributed by atoms with Crippen LogP contribution >= 0.6 is 0 Å². The second-order valence-electron chi connectivity index (χ2n) is 5.27. The number of carbonyl (C=O) groups is 1. The standard InChI is InChI=1S/C16H17N3O/c1-10-8-14(19-16(18-10)15(17)20)13-7-6-11-4-2-3-5-12(11)9-13/h6-9H,2-5H2,1H3,(H2,17,20). The van der Waals surface area contributed by atoms with E-state index in [1.54, 1.807) is 0 Å². The van der Waals surface area contributed by atoms with E-state index in [9.17, 15) is 4.79 Å². The van der Waals surface area contributed by atoms with Gasteiger partial charge in [-0.05, 0) is 55.9 Å². The number of aryl methyl sites for hydroxylation is 3. The van der Waals surface area contributed by atoms with Crippen LogP contribution in [0.15, 0.2) is 24.3 Å². The molecule has 4 heteroatoms. The van der Waals surface area contributed by atoms with Crippen LogP contribution in [0.4, 0.5) is 0 Å². The molecule has 1 aromatic heterocycles. The smallest absolute Gasteiger partial charge is 0.286 e. The van der Waals surface area contributed by atoms with Crippen LogP contribution in [0.2, 0.25) is 0 Å². The molecule has 0 unspecified atom stereocenters. The molecular weight excluding hydrogens is 250 g/mol. The van der Waals surface area contributed by atoms with E-state index in [0.717, 1.165) is 29.8 Å². The van der Waals surface area contributed by atoms with E-state index in [-0.39, 0.29) is 5.82 Å². The molecule has 0 saturated carbocycles. The molecule has 102 valence electrons. The number of nitrogens with two attached hydrogens (primary N) is 1. The molecule has 0 fully saturated rings. The highest BCUT2D eigenvalue weighted by atomic mass is 16.1. The summed E-state index contributed by atoms with van der Waals surface area (Å²) in [5, 5.41) is 0. The summed E-state index contributed by atoms with van der Waals surface area (Å²) in [6.45, 7) is 1.84. The van der Waals surface area contributed by atoms with Crippen molar-refractivity contribution in [2.45, 2.75) is 32.6 Å². The van der Waals surface area contributed by atoms with Crippen molar-refractivity contribution < 1.29 is 4.79 Å². The Balaban J connectivity index is 2.06. The molecule has 3 rings (SSSR count). The van der Waals surface area contributed by atoms with Gasteiger partial charge in [-0.25, -0.2) is 9.97 Å². The van der Waals surface area contributed by atoms with Gasteiger partial charge in [0.15, 0.2) is 0 Å². The third-order valence-electron chi connectivity index (χ3n) is 3.72. The molecule has 1 aliphatic carbocycles. The monoisotopic (exact) mass is 267 g/mol. The van der Waals surface area contributed by atoms with Crippen LogP contribution in [-0.4, -0.2) is 15.9 Å². The minimum Gasteiger partial charge on any atom is -0.363 e. The molecule has 0 saturated heterocycles. The summed E-state index contributed by atoms with van der Waals surface area (Å²) in [6, 6.07) is 8.31. The van der Waals surface area contributed by atoms with Crippen LogP contribution in [0.25, 0.3) is 11.3 Å². The van der Waals surface area contributed by atoms with Crippen LogP contribution in [0.1, 0.15) is 40.3 Å². The van der Waals surface area contributed by atoms with Gasteiger partial charge in [0.1, 0.15) is 0 Å². The normalized spacial score (nSPS) is 13.8. The number of amides is 1. The minimum atomic E-state index is -0.590. The van der Waals surface area contributed by atoms with Crippen molar-refractivity contribution in [3.8, 4) is 11.3 Å². The Kier molecular flexibility index (Phi) is 3.22. The number of aromatic nitrogens is 2. The van der Waals surface area contributed by atoms with Gasteiger partial charge in [0.05, 0.1) is 5.69 Å². The average molecular weight is 267 g/mol. The van der Waals surface area contributed by atoms with Crippen molar-refractivity contribution >= 4 is 5.91 Å². The fraction of sp³-hybridized carbons (Fsp3) is 0.312. The number of hydrogen-bond acceptors (Lipinski definition) is 3. The highest BCUT2D eigenvalue weighted by Gasteiger charge is 2.13. The fourth-order valence-electron chi connectivity index (χ4n) is 2.72. The largest absolute Gasteiger partial charge is 0.363 e. The molecule has 1 aromatic carbocycles. The van der Waals surface area contributed by atoms with Gasteiger partial charge in [-0.3, -0.25) is 4.79 Å². The molecule has 2 aromatic rings. The third kappa shape index (κ3) is 2.41. The molecule has 0 aliphatic heterocycles. The molecule has 1 heterocycles. The Hall–Kier alpha value is -2.23. The summed E-state index contributed by atoms with van der Waals surface area (Å²) in [6.07, 6.45) is 4.79. The maximum atomic E-state index is 11.3. The highest BCUT2D eigenvalue weighted by Crippen LogP contribution is 2.26. The lowest BCUT2D eigenvalue weighted by atomic mass is 9.90. The van der Waals surface area contributed by atoms with Crippen molar-refractivity contribution in [3.05, 3.63) is 46.9 Å². The average Bonchev–Trinajstić information content (AvgIpc) is 2.46. The quantitative estimate of drug-likeness (QED) is 0.908. The maximum Gasteiger partial charge on any atom is 0.286 e.